The predicted octanol–water partition coefficient (Wildman–Crippen LogP) is 1.61. The summed E-state index contributed by atoms with van der Waals surface area (Å²) in [5, 5.41) is 5.58. The first-order valence-corrected chi connectivity index (χ1v) is 5.32. The van der Waals surface area contributed by atoms with Crippen molar-refractivity contribution in [2.24, 2.45) is 0 Å². The molecule has 0 bridgehead atoms. The Morgan fingerprint density at radius 1 is 1.33 bits per heavy atom. The smallest absolute Gasteiger partial charge is 0.267 e. The van der Waals surface area contributed by atoms with Crippen molar-refractivity contribution < 1.29 is 0 Å². The van der Waals surface area contributed by atoms with Gasteiger partial charge >= 0.3 is 0 Å². The maximum absolute atomic E-state index is 12.0. The van der Waals surface area contributed by atoms with Crippen LogP contribution in [0.5, 0.6) is 0 Å². The lowest BCUT2D eigenvalue weighted by Gasteiger charge is -1.95. The second-order valence-corrected chi connectivity index (χ2v) is 4.41. The number of aromatic nitrogens is 3. The zero-order valence-corrected chi connectivity index (χ0v) is 8.78. The average molecular weight is 217 g/mol. The van der Waals surface area contributed by atoms with Crippen LogP contribution < -0.4 is 5.56 Å². The van der Waals surface area contributed by atoms with E-state index in [2.05, 4.69) is 10.1 Å². The van der Waals surface area contributed by atoms with Gasteiger partial charge in [0.05, 0.1) is 10.9 Å². The molecule has 0 spiro atoms. The summed E-state index contributed by atoms with van der Waals surface area (Å²) in [6, 6.07) is 7.31. The van der Waals surface area contributed by atoms with Gasteiger partial charge in [-0.1, -0.05) is 23.5 Å². The predicted molar refractivity (Wildman–Crippen MR) is 59.4 cm³/mol. The molecule has 0 aliphatic heterocycles. The first-order valence-electron chi connectivity index (χ1n) is 4.51. The number of hydrogen-bond donors (Lipinski definition) is 0. The summed E-state index contributed by atoms with van der Waals surface area (Å²) in [5.74, 6) is 0. The Kier molecular flexibility index (Phi) is 1.63. The molecule has 0 aliphatic rings. The Morgan fingerprint density at radius 2 is 2.13 bits per heavy atom. The van der Waals surface area contributed by atoms with Crippen molar-refractivity contribution in [1.82, 2.24) is 14.6 Å². The fourth-order valence-corrected chi connectivity index (χ4v) is 2.29. The van der Waals surface area contributed by atoms with Crippen LogP contribution in [-0.4, -0.2) is 14.6 Å². The Bertz CT molecular complexity index is 713. The largest absolute Gasteiger partial charge is 0.283 e. The summed E-state index contributed by atoms with van der Waals surface area (Å²) >= 11 is 1.42. The van der Waals surface area contributed by atoms with Crippen LogP contribution >= 0.6 is 11.3 Å². The summed E-state index contributed by atoms with van der Waals surface area (Å²) in [6.07, 6.45) is 0. The lowest BCUT2D eigenvalue weighted by atomic mass is 10.2. The minimum Gasteiger partial charge on any atom is -0.267 e. The van der Waals surface area contributed by atoms with E-state index in [0.717, 1.165) is 10.5 Å². The van der Waals surface area contributed by atoms with E-state index in [1.807, 2.05) is 25.1 Å². The topological polar surface area (TPSA) is 47.3 Å². The lowest BCUT2D eigenvalue weighted by Crippen LogP contribution is -2.14. The number of rotatable bonds is 0. The molecule has 0 radical (unpaired) electrons. The first kappa shape index (κ1) is 8.55. The molecule has 0 amide bonds. The molecule has 15 heavy (non-hydrogen) atoms. The number of hydrogen-bond acceptors (Lipinski definition) is 4. The second kappa shape index (κ2) is 2.87. The molecule has 3 rings (SSSR count). The van der Waals surface area contributed by atoms with Crippen molar-refractivity contribution in [2.45, 2.75) is 6.92 Å². The normalized spacial score (nSPS) is 11.3. The zero-order valence-electron chi connectivity index (χ0n) is 7.97. The Balaban J connectivity index is 2.65. The van der Waals surface area contributed by atoms with Crippen LogP contribution in [0.15, 0.2) is 29.1 Å². The maximum atomic E-state index is 12.0. The van der Waals surface area contributed by atoms with Crippen LogP contribution in [0.3, 0.4) is 0 Å². The van der Waals surface area contributed by atoms with Gasteiger partial charge in [0.25, 0.3) is 5.56 Å². The quantitative estimate of drug-likeness (QED) is 0.574. The van der Waals surface area contributed by atoms with E-state index >= 15 is 0 Å². The highest BCUT2D eigenvalue weighted by atomic mass is 32.1. The summed E-state index contributed by atoms with van der Waals surface area (Å²) in [4.78, 5) is 17.0. The zero-order chi connectivity index (χ0) is 10.4. The third kappa shape index (κ3) is 1.16. The van der Waals surface area contributed by atoms with Gasteiger partial charge in [0.2, 0.25) is 4.96 Å². The molecule has 74 valence electrons. The van der Waals surface area contributed by atoms with Gasteiger partial charge in [-0.3, -0.25) is 4.79 Å². The van der Waals surface area contributed by atoms with Crippen LogP contribution in [0.25, 0.3) is 15.9 Å². The fourth-order valence-electron chi connectivity index (χ4n) is 1.55. The fraction of sp³-hybridized carbons (Fsp3) is 0.100. The molecule has 0 saturated carbocycles. The summed E-state index contributed by atoms with van der Waals surface area (Å²) in [5.41, 5.74) is 0.631. The minimum absolute atomic E-state index is 0.0973. The van der Waals surface area contributed by atoms with Crippen LogP contribution in [0.1, 0.15) is 5.01 Å². The standard InChI is InChI=1S/C10H7N3OS/c1-6-12-13-9(14)7-4-2-3-5-8(7)11-10(13)15-6/h2-5H,1H3. The van der Waals surface area contributed by atoms with Crippen LogP contribution in [0, 0.1) is 6.92 Å². The SMILES string of the molecule is Cc1nn2c(=O)c3ccccc3nc2s1. The second-order valence-electron chi connectivity index (χ2n) is 3.25. The molecule has 0 N–H and O–H groups in total. The number of aryl methyl sites for hydroxylation is 1. The molecular formula is C10H7N3OS. The molecular weight excluding hydrogens is 210 g/mol. The number of benzene rings is 1. The molecule has 2 aromatic heterocycles. The molecule has 0 saturated heterocycles. The van der Waals surface area contributed by atoms with Gasteiger partial charge in [0.1, 0.15) is 5.01 Å². The lowest BCUT2D eigenvalue weighted by molar-refractivity contribution is 0.895. The third-order valence-corrected chi connectivity index (χ3v) is 3.03. The van der Waals surface area contributed by atoms with Crippen molar-refractivity contribution in [3.8, 4) is 0 Å². The summed E-state index contributed by atoms with van der Waals surface area (Å²) < 4.78 is 1.36. The van der Waals surface area contributed by atoms with Gasteiger partial charge in [0.15, 0.2) is 0 Å². The highest BCUT2D eigenvalue weighted by Crippen LogP contribution is 2.13. The van der Waals surface area contributed by atoms with Gasteiger partial charge < -0.3 is 0 Å². The van der Waals surface area contributed by atoms with Crippen LogP contribution in [-0.2, 0) is 0 Å². The average Bonchev–Trinajstić information content (AvgIpc) is 2.59. The molecule has 2 heterocycles. The highest BCUT2D eigenvalue weighted by Gasteiger charge is 2.07. The third-order valence-electron chi connectivity index (χ3n) is 2.20. The Labute approximate surface area is 88.8 Å². The molecule has 0 aliphatic carbocycles. The van der Waals surface area contributed by atoms with Gasteiger partial charge in [-0.25, -0.2) is 4.98 Å². The molecule has 0 unspecified atom stereocenters. The summed E-state index contributed by atoms with van der Waals surface area (Å²) in [7, 11) is 0. The maximum Gasteiger partial charge on any atom is 0.283 e. The Hall–Kier alpha value is -1.75. The van der Waals surface area contributed by atoms with Crippen LogP contribution in [0.2, 0.25) is 0 Å². The molecule has 0 fully saturated rings. The van der Waals surface area contributed by atoms with E-state index in [9.17, 15) is 4.79 Å². The van der Waals surface area contributed by atoms with Crippen molar-refractivity contribution in [3.05, 3.63) is 39.6 Å². The molecule has 1 aromatic carbocycles. The Morgan fingerprint density at radius 3 is 3.00 bits per heavy atom. The van der Waals surface area contributed by atoms with Crippen molar-refractivity contribution >= 4 is 27.2 Å². The van der Waals surface area contributed by atoms with E-state index < -0.39 is 0 Å². The van der Waals surface area contributed by atoms with Gasteiger partial charge in [-0.05, 0) is 19.1 Å². The number of fused-ring (bicyclic) bond motifs is 2. The minimum atomic E-state index is -0.0973. The molecule has 0 atom stereocenters. The van der Waals surface area contributed by atoms with Gasteiger partial charge in [0, 0.05) is 0 Å². The van der Waals surface area contributed by atoms with Crippen molar-refractivity contribution in [2.75, 3.05) is 0 Å². The van der Waals surface area contributed by atoms with Crippen molar-refractivity contribution in [1.29, 1.82) is 0 Å². The first-order chi connectivity index (χ1) is 7.25. The summed E-state index contributed by atoms with van der Waals surface area (Å²) in [6.45, 7) is 1.86. The highest BCUT2D eigenvalue weighted by molar-refractivity contribution is 7.16. The van der Waals surface area contributed by atoms with E-state index in [4.69, 9.17) is 0 Å². The van der Waals surface area contributed by atoms with Gasteiger partial charge in [-0.2, -0.15) is 9.61 Å². The van der Waals surface area contributed by atoms with E-state index in [0.29, 0.717) is 10.3 Å². The van der Waals surface area contributed by atoms with Crippen molar-refractivity contribution in [3.63, 3.8) is 0 Å². The van der Waals surface area contributed by atoms with Crippen LogP contribution in [0.4, 0.5) is 0 Å². The van der Waals surface area contributed by atoms with E-state index in [1.165, 1.54) is 15.9 Å². The van der Waals surface area contributed by atoms with E-state index in [-0.39, 0.29) is 5.56 Å². The number of nitrogens with zero attached hydrogens (tertiary/aromatic N) is 3. The molecule has 3 aromatic rings. The van der Waals surface area contributed by atoms with E-state index in [1.54, 1.807) is 6.07 Å². The molecule has 5 heteroatoms. The van der Waals surface area contributed by atoms with Gasteiger partial charge in [-0.15, -0.1) is 0 Å². The molecule has 4 nitrogen and oxygen atoms in total. The monoisotopic (exact) mass is 217 g/mol. The number of para-hydroxylation sites is 1.